The highest BCUT2D eigenvalue weighted by atomic mass is 31.2. The van der Waals surface area contributed by atoms with Gasteiger partial charge >= 0.3 is 11.9 Å². The van der Waals surface area contributed by atoms with Crippen LogP contribution in [0.3, 0.4) is 0 Å². The van der Waals surface area contributed by atoms with E-state index in [9.17, 15) is 19.0 Å². The van der Waals surface area contributed by atoms with E-state index in [1.54, 1.807) is 0 Å². The molecule has 0 aromatic rings. The molecule has 66 heavy (non-hydrogen) atoms. The molecular formula is C56H92NO8P. The number of phosphoric ester groups is 1. The number of nitrogens with zero attached hydrogens (tertiary/aromatic N) is 1. The van der Waals surface area contributed by atoms with Gasteiger partial charge in [-0.15, -0.1) is 0 Å². The molecule has 0 amide bonds. The van der Waals surface area contributed by atoms with Crippen molar-refractivity contribution in [2.24, 2.45) is 0 Å². The normalized spacial score (nSPS) is 14.5. The number of likely N-dealkylation sites (N-methyl/N-ethyl adjacent to an activating group) is 1. The van der Waals surface area contributed by atoms with Crippen LogP contribution in [0.25, 0.3) is 0 Å². The summed E-state index contributed by atoms with van der Waals surface area (Å²) in [5.74, 6) is -0.921. The Balaban J connectivity index is 4.36. The number of ether oxygens (including phenoxy) is 2. The lowest BCUT2D eigenvalue weighted by atomic mass is 10.1. The minimum Gasteiger partial charge on any atom is -0.756 e. The molecule has 0 aliphatic carbocycles. The molecule has 0 aliphatic heterocycles. The first-order valence-corrected chi connectivity index (χ1v) is 26.7. The number of hydrogen-bond acceptors (Lipinski definition) is 8. The van der Waals surface area contributed by atoms with E-state index in [1.165, 1.54) is 32.1 Å². The SMILES string of the molecule is CC/C=C\C/C=C\C/C=C\C/C=C\C/C=C\CCCCCCCCCCCC(=O)OC(COC(=O)CCC/C=C\C/C=C\C/C=C\C/C=C\C/C=C\CC)COP(=O)([O-])OCC[N+](C)(C)C. The molecule has 0 aromatic heterocycles. The lowest BCUT2D eigenvalue weighted by Crippen LogP contribution is -2.37. The number of rotatable bonds is 44. The van der Waals surface area contributed by atoms with Crippen LogP contribution in [0.2, 0.25) is 0 Å². The molecule has 0 saturated carbocycles. The molecule has 2 unspecified atom stereocenters. The highest BCUT2D eigenvalue weighted by Gasteiger charge is 2.21. The maximum atomic E-state index is 12.7. The quantitative estimate of drug-likeness (QED) is 0.0195. The molecule has 0 saturated heterocycles. The maximum Gasteiger partial charge on any atom is 0.306 e. The van der Waals surface area contributed by atoms with Crippen LogP contribution in [-0.4, -0.2) is 70.0 Å². The molecule has 0 rings (SSSR count). The van der Waals surface area contributed by atoms with E-state index < -0.39 is 32.5 Å². The Morgan fingerprint density at radius 1 is 0.470 bits per heavy atom. The van der Waals surface area contributed by atoms with Crippen LogP contribution >= 0.6 is 7.82 Å². The zero-order chi connectivity index (χ0) is 48.5. The Labute approximate surface area is 403 Å². The van der Waals surface area contributed by atoms with Crippen LogP contribution in [-0.2, 0) is 32.7 Å². The van der Waals surface area contributed by atoms with Crippen LogP contribution < -0.4 is 4.89 Å². The minimum atomic E-state index is -4.65. The Kier molecular flexibility index (Phi) is 44.0. The summed E-state index contributed by atoms with van der Waals surface area (Å²) in [7, 11) is 1.11. The first-order valence-electron chi connectivity index (χ1n) is 25.2. The maximum absolute atomic E-state index is 12.7. The van der Waals surface area contributed by atoms with E-state index in [2.05, 4.69) is 129 Å². The number of hydrogen-bond donors (Lipinski definition) is 0. The molecule has 0 N–H and O–H groups in total. The number of carbonyl (C=O) groups is 2. The van der Waals surface area contributed by atoms with Crippen LogP contribution in [0, 0.1) is 0 Å². The summed E-state index contributed by atoms with van der Waals surface area (Å²) in [6.07, 6.45) is 65.2. The Bertz CT molecular complexity index is 1530. The van der Waals surface area contributed by atoms with E-state index in [0.717, 1.165) is 96.3 Å². The monoisotopic (exact) mass is 938 g/mol. The van der Waals surface area contributed by atoms with Gasteiger partial charge in [0, 0.05) is 12.8 Å². The van der Waals surface area contributed by atoms with E-state index in [4.69, 9.17) is 18.5 Å². The van der Waals surface area contributed by atoms with Gasteiger partial charge in [-0.3, -0.25) is 14.2 Å². The van der Waals surface area contributed by atoms with Gasteiger partial charge in [-0.25, -0.2) is 0 Å². The van der Waals surface area contributed by atoms with E-state index in [0.29, 0.717) is 23.9 Å². The van der Waals surface area contributed by atoms with Gasteiger partial charge in [-0.05, 0) is 96.3 Å². The summed E-state index contributed by atoms with van der Waals surface area (Å²) in [6, 6.07) is 0. The average Bonchev–Trinajstić information content (AvgIpc) is 3.27. The molecular weight excluding hydrogens is 846 g/mol. The summed E-state index contributed by atoms with van der Waals surface area (Å²) >= 11 is 0. The van der Waals surface area contributed by atoms with E-state index >= 15 is 0 Å². The second kappa shape index (κ2) is 46.5. The highest BCUT2D eigenvalue weighted by Crippen LogP contribution is 2.38. The van der Waals surface area contributed by atoms with Gasteiger partial charge in [0.2, 0.25) is 0 Å². The number of unbranched alkanes of at least 4 members (excludes halogenated alkanes) is 10. The number of quaternary nitrogens is 1. The van der Waals surface area contributed by atoms with Crippen LogP contribution in [0.5, 0.6) is 0 Å². The number of esters is 2. The summed E-state index contributed by atoms with van der Waals surface area (Å²) in [5.41, 5.74) is 0. The van der Waals surface area contributed by atoms with Crippen molar-refractivity contribution in [2.45, 2.75) is 174 Å². The molecule has 2 atom stereocenters. The smallest absolute Gasteiger partial charge is 0.306 e. The fourth-order valence-electron chi connectivity index (χ4n) is 6.13. The Morgan fingerprint density at radius 2 is 0.833 bits per heavy atom. The summed E-state index contributed by atoms with van der Waals surface area (Å²) in [4.78, 5) is 37.7. The first kappa shape index (κ1) is 62.4. The largest absolute Gasteiger partial charge is 0.756 e. The van der Waals surface area contributed by atoms with Crippen molar-refractivity contribution in [1.82, 2.24) is 0 Å². The third-order valence-corrected chi connectivity index (χ3v) is 10.9. The average molecular weight is 938 g/mol. The van der Waals surface area contributed by atoms with Gasteiger partial charge in [0.05, 0.1) is 27.7 Å². The topological polar surface area (TPSA) is 111 Å². The van der Waals surface area contributed by atoms with Crippen LogP contribution in [0.4, 0.5) is 0 Å². The van der Waals surface area contributed by atoms with Crippen molar-refractivity contribution in [3.63, 3.8) is 0 Å². The molecule has 0 aliphatic rings. The standard InChI is InChI=1S/C56H92NO8P/c1-6-8-10-12-14-16-18-20-22-24-25-26-27-28-29-30-31-33-35-37-39-41-43-45-47-49-56(59)65-54(53-64-66(60,61)63-51-50-57(3,4)5)52-62-55(58)48-46-44-42-40-38-36-34-32-23-21-19-17-15-13-11-9-7-2/h8-11,14-17,20-23,25-26,28-29,34,36,40,42,54H,6-7,12-13,18-19,24,27,30-33,35,37-39,41,43-53H2,1-5H3/b10-8-,11-9-,16-14-,17-15-,22-20-,23-21-,26-25-,29-28-,36-34-,42-40-. The highest BCUT2D eigenvalue weighted by molar-refractivity contribution is 7.45. The second-order valence-corrected chi connectivity index (χ2v) is 18.8. The summed E-state index contributed by atoms with van der Waals surface area (Å²) < 4.78 is 34.0. The minimum absolute atomic E-state index is 0.0482. The fourth-order valence-corrected chi connectivity index (χ4v) is 6.86. The zero-order valence-electron chi connectivity index (χ0n) is 42.1. The molecule has 0 aromatic carbocycles. The molecule has 0 bridgehead atoms. The Hall–Kier alpha value is -3.59. The number of phosphoric acid groups is 1. The van der Waals surface area contributed by atoms with E-state index in [1.807, 2.05) is 27.2 Å². The molecule has 374 valence electrons. The third-order valence-electron chi connectivity index (χ3n) is 9.98. The number of carbonyl (C=O) groups excluding carboxylic acids is 2. The van der Waals surface area contributed by atoms with Gasteiger partial charge in [0.15, 0.2) is 6.10 Å². The van der Waals surface area contributed by atoms with Crippen LogP contribution in [0.15, 0.2) is 122 Å². The summed E-state index contributed by atoms with van der Waals surface area (Å²) in [5, 5.41) is 0. The van der Waals surface area contributed by atoms with Crippen molar-refractivity contribution < 1.29 is 42.1 Å². The Morgan fingerprint density at radius 3 is 1.26 bits per heavy atom. The van der Waals surface area contributed by atoms with Crippen molar-refractivity contribution in [1.29, 1.82) is 0 Å². The predicted molar refractivity (Wildman–Crippen MR) is 277 cm³/mol. The summed E-state index contributed by atoms with van der Waals surface area (Å²) in [6.45, 7) is 3.91. The first-order chi connectivity index (χ1) is 32.0. The van der Waals surface area contributed by atoms with Gasteiger partial charge in [-0.2, -0.15) is 0 Å². The van der Waals surface area contributed by atoms with Crippen molar-refractivity contribution in [2.75, 3.05) is 47.5 Å². The molecule has 0 radical (unpaired) electrons. The van der Waals surface area contributed by atoms with E-state index in [-0.39, 0.29) is 26.1 Å². The zero-order valence-corrected chi connectivity index (χ0v) is 43.0. The number of allylic oxidation sites excluding steroid dienone is 20. The molecule has 10 heteroatoms. The molecule has 0 fully saturated rings. The van der Waals surface area contributed by atoms with Gasteiger partial charge in [-0.1, -0.05) is 180 Å². The molecule has 0 spiro atoms. The lowest BCUT2D eigenvalue weighted by Gasteiger charge is -2.28. The van der Waals surface area contributed by atoms with Crippen molar-refractivity contribution in [3.8, 4) is 0 Å². The van der Waals surface area contributed by atoms with Crippen molar-refractivity contribution in [3.05, 3.63) is 122 Å². The van der Waals surface area contributed by atoms with Crippen LogP contribution in [0.1, 0.15) is 168 Å². The third kappa shape index (κ3) is 49.8. The fraction of sp³-hybridized carbons (Fsp3) is 0.607. The lowest BCUT2D eigenvalue weighted by molar-refractivity contribution is -0.870. The van der Waals surface area contributed by atoms with Gasteiger partial charge in [0.1, 0.15) is 19.8 Å². The van der Waals surface area contributed by atoms with Gasteiger partial charge in [0.25, 0.3) is 7.82 Å². The predicted octanol–water partition coefficient (Wildman–Crippen LogP) is 14.6. The van der Waals surface area contributed by atoms with Crippen molar-refractivity contribution >= 4 is 19.8 Å². The molecule has 9 nitrogen and oxygen atoms in total. The molecule has 0 heterocycles. The van der Waals surface area contributed by atoms with Gasteiger partial charge < -0.3 is 27.9 Å². The second-order valence-electron chi connectivity index (χ2n) is 17.4.